The Balaban J connectivity index is 1.27. The van der Waals surface area contributed by atoms with Gasteiger partial charge in [-0.15, -0.1) is 0 Å². The topological polar surface area (TPSA) is 76.1 Å². The highest BCUT2D eigenvalue weighted by Gasteiger charge is 2.33. The number of aromatic nitrogens is 2. The summed E-state index contributed by atoms with van der Waals surface area (Å²) in [5, 5.41) is 6.27. The summed E-state index contributed by atoms with van der Waals surface area (Å²) >= 11 is 1.25. The minimum absolute atomic E-state index is 0.206. The normalized spacial score (nSPS) is 30.4. The summed E-state index contributed by atoms with van der Waals surface area (Å²) in [6, 6.07) is -0.206. The summed E-state index contributed by atoms with van der Waals surface area (Å²) in [6.45, 7) is 1.43. The number of amides is 2. The molecule has 6 nitrogen and oxygen atoms in total. The first-order valence-corrected chi connectivity index (χ1v) is 8.23. The van der Waals surface area contributed by atoms with E-state index in [4.69, 9.17) is 4.74 Å². The van der Waals surface area contributed by atoms with E-state index in [-0.39, 0.29) is 6.03 Å². The minimum atomic E-state index is -0.206. The Labute approximate surface area is 127 Å². The molecule has 7 heteroatoms. The first kappa shape index (κ1) is 13.2. The second-order valence-corrected chi connectivity index (χ2v) is 6.74. The molecule has 0 unspecified atom stereocenters. The van der Waals surface area contributed by atoms with Crippen molar-refractivity contribution in [3.63, 3.8) is 0 Å². The lowest BCUT2D eigenvalue weighted by atomic mass is 9.85. The maximum Gasteiger partial charge on any atom is 0.321 e. The van der Waals surface area contributed by atoms with E-state index in [1.807, 2.05) is 0 Å². The van der Waals surface area contributed by atoms with Gasteiger partial charge < -0.3 is 10.1 Å². The van der Waals surface area contributed by atoms with Crippen LogP contribution in [0.15, 0.2) is 12.2 Å². The highest BCUT2D eigenvalue weighted by molar-refractivity contribution is 7.09. The quantitative estimate of drug-likeness (QED) is 0.836. The molecule has 2 heterocycles. The van der Waals surface area contributed by atoms with Crippen LogP contribution in [-0.2, 0) is 4.74 Å². The fraction of sp³-hybridized carbons (Fsp3) is 0.643. The molecule has 1 saturated heterocycles. The zero-order valence-electron chi connectivity index (χ0n) is 11.6. The number of fused-ring (bicyclic) bond motifs is 2. The van der Waals surface area contributed by atoms with Gasteiger partial charge in [-0.3, -0.25) is 5.32 Å². The van der Waals surface area contributed by atoms with E-state index < -0.39 is 0 Å². The van der Waals surface area contributed by atoms with Gasteiger partial charge in [0.2, 0.25) is 5.13 Å². The van der Waals surface area contributed by atoms with Crippen molar-refractivity contribution in [1.29, 1.82) is 0 Å². The molecule has 1 aromatic rings. The number of anilines is 1. The molecule has 1 saturated carbocycles. The van der Waals surface area contributed by atoms with Gasteiger partial charge in [-0.2, -0.15) is 4.37 Å². The van der Waals surface area contributed by atoms with Gasteiger partial charge in [-0.05, 0) is 31.1 Å². The number of nitrogens with zero attached hydrogens (tertiary/aromatic N) is 2. The first-order chi connectivity index (χ1) is 10.3. The van der Waals surface area contributed by atoms with Crippen LogP contribution in [0.25, 0.3) is 0 Å². The van der Waals surface area contributed by atoms with Crippen molar-refractivity contribution in [3.8, 4) is 0 Å². The summed E-state index contributed by atoms with van der Waals surface area (Å²) in [5.41, 5.74) is 0. The fourth-order valence-electron chi connectivity index (χ4n) is 2.92. The van der Waals surface area contributed by atoms with Gasteiger partial charge in [-0.25, -0.2) is 9.78 Å². The van der Waals surface area contributed by atoms with E-state index in [1.165, 1.54) is 24.4 Å². The summed E-state index contributed by atoms with van der Waals surface area (Å²) in [5.74, 6) is 2.29. The van der Waals surface area contributed by atoms with Crippen LogP contribution in [0.1, 0.15) is 31.0 Å². The maximum absolute atomic E-state index is 11.9. The van der Waals surface area contributed by atoms with E-state index in [0.717, 1.165) is 18.9 Å². The Morgan fingerprint density at radius 1 is 1.43 bits per heavy atom. The second-order valence-electron chi connectivity index (χ2n) is 5.98. The zero-order valence-corrected chi connectivity index (χ0v) is 12.4. The molecule has 2 aliphatic carbocycles. The van der Waals surface area contributed by atoms with Crippen molar-refractivity contribution < 1.29 is 9.53 Å². The lowest BCUT2D eigenvalue weighted by molar-refractivity contribution is 0.140. The molecule has 2 amide bonds. The molecule has 0 aromatic carbocycles. The van der Waals surface area contributed by atoms with E-state index >= 15 is 0 Å². The monoisotopic (exact) mass is 306 g/mol. The molecule has 0 spiro atoms. The van der Waals surface area contributed by atoms with Crippen LogP contribution in [0.3, 0.4) is 0 Å². The zero-order chi connectivity index (χ0) is 14.2. The Hall–Kier alpha value is -1.47. The Morgan fingerprint density at radius 3 is 3.19 bits per heavy atom. The molecule has 4 rings (SSSR count). The first-order valence-electron chi connectivity index (χ1n) is 7.46. The lowest BCUT2D eigenvalue weighted by Crippen LogP contribution is -2.35. The van der Waals surface area contributed by atoms with Crippen molar-refractivity contribution in [2.75, 3.05) is 18.5 Å². The molecule has 3 aliphatic rings. The maximum atomic E-state index is 11.9. The van der Waals surface area contributed by atoms with Crippen molar-refractivity contribution in [1.82, 2.24) is 14.7 Å². The highest BCUT2D eigenvalue weighted by Crippen LogP contribution is 2.39. The van der Waals surface area contributed by atoms with Crippen LogP contribution >= 0.6 is 11.5 Å². The van der Waals surface area contributed by atoms with Crippen LogP contribution < -0.4 is 10.6 Å². The molecule has 2 bridgehead atoms. The van der Waals surface area contributed by atoms with Gasteiger partial charge in [0.15, 0.2) is 0 Å². The lowest BCUT2D eigenvalue weighted by Gasteiger charge is -2.22. The highest BCUT2D eigenvalue weighted by atomic mass is 32.1. The van der Waals surface area contributed by atoms with Gasteiger partial charge in [0.1, 0.15) is 5.82 Å². The Bertz CT molecular complexity index is 569. The van der Waals surface area contributed by atoms with Crippen LogP contribution in [-0.4, -0.2) is 34.6 Å². The third kappa shape index (κ3) is 2.94. The predicted molar refractivity (Wildman–Crippen MR) is 79.4 cm³/mol. The molecule has 0 radical (unpaired) electrons. The molecular weight excluding hydrogens is 288 g/mol. The van der Waals surface area contributed by atoms with Crippen LogP contribution in [0.5, 0.6) is 0 Å². The number of carbonyl (C=O) groups excluding carboxylic acids is 1. The largest absolute Gasteiger partial charge is 0.374 e. The van der Waals surface area contributed by atoms with Gasteiger partial charge in [0.25, 0.3) is 0 Å². The van der Waals surface area contributed by atoms with Crippen molar-refractivity contribution >= 4 is 22.7 Å². The smallest absolute Gasteiger partial charge is 0.321 e. The molecule has 3 atom stereocenters. The molecule has 2 N–H and O–H groups in total. The second kappa shape index (κ2) is 5.38. The van der Waals surface area contributed by atoms with Gasteiger partial charge in [-0.1, -0.05) is 12.2 Å². The molecule has 21 heavy (non-hydrogen) atoms. The summed E-state index contributed by atoms with van der Waals surface area (Å²) in [6.07, 6.45) is 7.98. The number of hydrogen-bond acceptors (Lipinski definition) is 5. The number of ether oxygens (including phenoxy) is 1. The van der Waals surface area contributed by atoms with Crippen molar-refractivity contribution in [2.45, 2.75) is 31.3 Å². The number of nitrogens with one attached hydrogen (secondary N) is 2. The van der Waals surface area contributed by atoms with Crippen molar-refractivity contribution in [2.24, 2.45) is 11.8 Å². The summed E-state index contributed by atoms with van der Waals surface area (Å²) in [4.78, 5) is 16.3. The van der Waals surface area contributed by atoms with E-state index in [0.29, 0.717) is 35.5 Å². The average molecular weight is 306 g/mol. The number of hydrogen-bond donors (Lipinski definition) is 2. The Kier molecular flexibility index (Phi) is 3.39. The van der Waals surface area contributed by atoms with Gasteiger partial charge in [0.05, 0.1) is 12.7 Å². The fourth-order valence-corrected chi connectivity index (χ4v) is 3.56. The average Bonchev–Trinajstić information content (AvgIpc) is 3.12. The summed E-state index contributed by atoms with van der Waals surface area (Å²) in [7, 11) is 0. The number of carbonyl (C=O) groups is 1. The van der Waals surface area contributed by atoms with Gasteiger partial charge in [0, 0.05) is 24.0 Å². The van der Waals surface area contributed by atoms with E-state index in [2.05, 4.69) is 32.1 Å². The molecule has 1 aliphatic heterocycles. The molecular formula is C14H18N4O2S. The van der Waals surface area contributed by atoms with Crippen LogP contribution in [0, 0.1) is 11.8 Å². The molecule has 112 valence electrons. The third-order valence-electron chi connectivity index (χ3n) is 4.34. The van der Waals surface area contributed by atoms with E-state index in [1.54, 1.807) is 0 Å². The van der Waals surface area contributed by atoms with Gasteiger partial charge >= 0.3 is 6.03 Å². The summed E-state index contributed by atoms with van der Waals surface area (Å²) < 4.78 is 9.88. The van der Waals surface area contributed by atoms with Crippen LogP contribution in [0.2, 0.25) is 0 Å². The Morgan fingerprint density at radius 2 is 2.33 bits per heavy atom. The minimum Gasteiger partial charge on any atom is -0.374 e. The third-order valence-corrected chi connectivity index (χ3v) is 4.99. The predicted octanol–water partition coefficient (Wildman–Crippen LogP) is 2.13. The molecule has 2 fully saturated rings. The van der Waals surface area contributed by atoms with Crippen molar-refractivity contribution in [3.05, 3.63) is 18.0 Å². The molecule has 1 aromatic heterocycles. The number of urea groups is 1. The number of rotatable bonds is 4. The standard InChI is InChI=1S/C14H18N4O2S/c19-13(17-14-16-12(18-21-14)8-1-2-8)15-6-9-3-4-11-5-10(9)7-20-11/h3-4,8-11H,1-2,5-7H2,(H2,15,16,17,18,19)/t9-,10+,11-/m0/s1. The SMILES string of the molecule is O=C(NC[C@@H]1C=C[C@H]2C[C@@H]1CO2)Nc1nc(C2CC2)ns1. The van der Waals surface area contributed by atoms with Crippen LogP contribution in [0.4, 0.5) is 9.93 Å². The van der Waals surface area contributed by atoms with E-state index in [9.17, 15) is 4.79 Å².